The molecular formula is C14H12N2S2. The minimum Gasteiger partial charge on any atom is -0.192 e. The summed E-state index contributed by atoms with van der Waals surface area (Å²) in [6.45, 7) is 0. The average molecular weight is 272 g/mol. The molecule has 18 heavy (non-hydrogen) atoms. The summed E-state index contributed by atoms with van der Waals surface area (Å²) >= 11 is 3.20. The predicted molar refractivity (Wildman–Crippen MR) is 79.7 cm³/mol. The van der Waals surface area contributed by atoms with Crippen LogP contribution in [0.3, 0.4) is 0 Å². The molecule has 0 bridgehead atoms. The summed E-state index contributed by atoms with van der Waals surface area (Å²) in [6, 6.07) is 13.4. The Morgan fingerprint density at radius 1 is 1.06 bits per heavy atom. The molecule has 4 heteroatoms. The highest BCUT2D eigenvalue weighted by Gasteiger charge is 2.07. The second-order valence-corrected chi connectivity index (χ2v) is 5.20. The van der Waals surface area contributed by atoms with Crippen LogP contribution in [-0.4, -0.2) is 12.5 Å². The van der Waals surface area contributed by atoms with Gasteiger partial charge in [0.15, 0.2) is 0 Å². The molecule has 0 aliphatic heterocycles. The van der Waals surface area contributed by atoms with E-state index in [4.69, 9.17) is 10.5 Å². The van der Waals surface area contributed by atoms with Crippen molar-refractivity contribution in [3.8, 4) is 12.1 Å². The van der Waals surface area contributed by atoms with Crippen LogP contribution in [0.1, 0.15) is 5.56 Å². The lowest BCUT2D eigenvalue weighted by Gasteiger charge is -2.05. The monoisotopic (exact) mass is 272 g/mol. The van der Waals surface area contributed by atoms with Crippen LogP contribution in [0, 0.1) is 22.7 Å². The molecule has 0 radical (unpaired) electrons. The molecule has 0 saturated heterocycles. The average Bonchev–Trinajstić information content (AvgIpc) is 2.44. The van der Waals surface area contributed by atoms with Gasteiger partial charge in [-0.05, 0) is 24.2 Å². The van der Waals surface area contributed by atoms with Crippen LogP contribution in [-0.2, 0) is 0 Å². The van der Waals surface area contributed by atoms with Gasteiger partial charge in [0.1, 0.15) is 17.7 Å². The summed E-state index contributed by atoms with van der Waals surface area (Å²) in [4.78, 5) is 0. The first-order chi connectivity index (χ1) is 8.76. The molecule has 0 heterocycles. The van der Waals surface area contributed by atoms with Crippen LogP contribution in [0.15, 0.2) is 46.2 Å². The fourth-order valence-corrected chi connectivity index (χ4v) is 2.52. The third-order valence-electron chi connectivity index (χ3n) is 2.24. The largest absolute Gasteiger partial charge is 0.192 e. The maximum atomic E-state index is 9.04. The summed E-state index contributed by atoms with van der Waals surface area (Å²) in [5, 5.41) is 18.1. The van der Waals surface area contributed by atoms with Crippen LogP contribution in [0.5, 0.6) is 0 Å². The van der Waals surface area contributed by atoms with Crippen molar-refractivity contribution in [1.29, 1.82) is 10.5 Å². The number of allylic oxidation sites excluding steroid dienone is 3. The van der Waals surface area contributed by atoms with E-state index in [-0.39, 0.29) is 5.57 Å². The molecule has 0 amide bonds. The first kappa shape index (κ1) is 14.4. The summed E-state index contributed by atoms with van der Waals surface area (Å²) in [7, 11) is 0. The molecule has 1 rings (SSSR count). The van der Waals surface area contributed by atoms with Crippen LogP contribution >= 0.6 is 23.5 Å². The molecule has 90 valence electrons. The molecule has 0 saturated carbocycles. The Balaban J connectivity index is 3.40. The van der Waals surface area contributed by atoms with Crippen molar-refractivity contribution < 1.29 is 0 Å². The van der Waals surface area contributed by atoms with Gasteiger partial charge < -0.3 is 0 Å². The maximum Gasteiger partial charge on any atom is 0.137 e. The molecule has 0 aromatic heterocycles. The Kier molecular flexibility index (Phi) is 6.14. The van der Waals surface area contributed by atoms with Gasteiger partial charge in [-0.2, -0.15) is 10.5 Å². The van der Waals surface area contributed by atoms with Crippen molar-refractivity contribution in [2.45, 2.75) is 0 Å². The van der Waals surface area contributed by atoms with Crippen LogP contribution in [0.4, 0.5) is 0 Å². The zero-order valence-electron chi connectivity index (χ0n) is 10.2. The standard InChI is InChI=1S/C14H12N2S2/c1-17-14(18-2)8-13(12(9-15)10-16)11-6-4-3-5-7-11/h3-8H,1-2H3. The van der Waals surface area contributed by atoms with E-state index in [0.717, 1.165) is 9.80 Å². The van der Waals surface area contributed by atoms with E-state index in [1.807, 2.05) is 61.1 Å². The lowest BCUT2D eigenvalue weighted by Crippen LogP contribution is -1.87. The molecular weight excluding hydrogens is 260 g/mol. The molecule has 1 aromatic carbocycles. The minimum atomic E-state index is 0.141. The zero-order chi connectivity index (χ0) is 13.4. The topological polar surface area (TPSA) is 47.6 Å². The Labute approximate surface area is 116 Å². The van der Waals surface area contributed by atoms with Crippen molar-refractivity contribution in [3.63, 3.8) is 0 Å². The van der Waals surface area contributed by atoms with Gasteiger partial charge >= 0.3 is 0 Å². The molecule has 0 spiro atoms. The minimum absolute atomic E-state index is 0.141. The highest BCUT2D eigenvalue weighted by molar-refractivity contribution is 8.21. The van der Waals surface area contributed by atoms with Crippen LogP contribution in [0.2, 0.25) is 0 Å². The predicted octanol–water partition coefficient (Wildman–Crippen LogP) is 4.05. The molecule has 0 fully saturated rings. The first-order valence-electron chi connectivity index (χ1n) is 5.16. The van der Waals surface area contributed by atoms with Gasteiger partial charge in [-0.1, -0.05) is 30.3 Å². The van der Waals surface area contributed by atoms with Crippen molar-refractivity contribution in [2.75, 3.05) is 12.5 Å². The molecule has 2 nitrogen and oxygen atoms in total. The summed E-state index contributed by atoms with van der Waals surface area (Å²) < 4.78 is 1.07. The van der Waals surface area contributed by atoms with E-state index in [0.29, 0.717) is 5.57 Å². The van der Waals surface area contributed by atoms with Gasteiger partial charge in [-0.25, -0.2) is 0 Å². The normalized spacial score (nSPS) is 8.89. The van der Waals surface area contributed by atoms with Gasteiger partial charge in [0, 0.05) is 9.81 Å². The molecule has 0 aliphatic rings. The highest BCUT2D eigenvalue weighted by Crippen LogP contribution is 2.29. The number of thioether (sulfide) groups is 2. The number of benzene rings is 1. The fourth-order valence-electron chi connectivity index (χ4n) is 1.38. The maximum absolute atomic E-state index is 9.04. The van der Waals surface area contributed by atoms with Crippen molar-refractivity contribution >= 4 is 29.1 Å². The van der Waals surface area contributed by atoms with Crippen LogP contribution < -0.4 is 0 Å². The number of hydrogen-bond donors (Lipinski definition) is 0. The van der Waals surface area contributed by atoms with Gasteiger partial charge in [0.25, 0.3) is 0 Å². The Hall–Kier alpha value is -1.62. The van der Waals surface area contributed by atoms with Gasteiger partial charge in [0.2, 0.25) is 0 Å². The van der Waals surface area contributed by atoms with E-state index >= 15 is 0 Å². The van der Waals surface area contributed by atoms with E-state index in [1.165, 1.54) is 0 Å². The van der Waals surface area contributed by atoms with E-state index < -0.39 is 0 Å². The molecule has 1 aromatic rings. The third kappa shape index (κ3) is 3.70. The molecule has 0 aliphatic carbocycles. The van der Waals surface area contributed by atoms with Crippen molar-refractivity contribution in [2.24, 2.45) is 0 Å². The van der Waals surface area contributed by atoms with E-state index in [9.17, 15) is 0 Å². The Bertz CT molecular complexity index is 523. The number of rotatable bonds is 4. The number of nitriles is 2. The summed E-state index contributed by atoms with van der Waals surface area (Å²) in [5.74, 6) is 0. The second kappa shape index (κ2) is 7.66. The smallest absolute Gasteiger partial charge is 0.137 e. The lowest BCUT2D eigenvalue weighted by atomic mass is 10.0. The SMILES string of the molecule is CSC(=CC(=C(C#N)C#N)c1ccccc1)SC. The Morgan fingerprint density at radius 3 is 2.06 bits per heavy atom. The number of hydrogen-bond acceptors (Lipinski definition) is 4. The molecule has 0 unspecified atom stereocenters. The quantitative estimate of drug-likeness (QED) is 0.612. The fraction of sp³-hybridized carbons (Fsp3) is 0.143. The molecule has 0 N–H and O–H groups in total. The molecule has 0 atom stereocenters. The van der Waals surface area contributed by atoms with Crippen LogP contribution in [0.25, 0.3) is 5.57 Å². The third-order valence-corrected chi connectivity index (χ3v) is 4.28. The zero-order valence-corrected chi connectivity index (χ0v) is 11.8. The van der Waals surface area contributed by atoms with E-state index in [1.54, 1.807) is 23.5 Å². The highest BCUT2D eigenvalue weighted by atomic mass is 32.2. The van der Waals surface area contributed by atoms with E-state index in [2.05, 4.69) is 0 Å². The summed E-state index contributed by atoms with van der Waals surface area (Å²) in [6.07, 6.45) is 5.85. The lowest BCUT2D eigenvalue weighted by molar-refractivity contribution is 1.46. The van der Waals surface area contributed by atoms with Crippen molar-refractivity contribution in [3.05, 3.63) is 51.8 Å². The van der Waals surface area contributed by atoms with Gasteiger partial charge in [0.05, 0.1) is 0 Å². The van der Waals surface area contributed by atoms with Gasteiger partial charge in [-0.15, -0.1) is 23.5 Å². The first-order valence-corrected chi connectivity index (χ1v) is 7.61. The Morgan fingerprint density at radius 2 is 1.61 bits per heavy atom. The second-order valence-electron chi connectivity index (χ2n) is 3.25. The van der Waals surface area contributed by atoms with Crippen molar-refractivity contribution in [1.82, 2.24) is 0 Å². The van der Waals surface area contributed by atoms with Gasteiger partial charge in [-0.3, -0.25) is 0 Å². The summed E-state index contributed by atoms with van der Waals surface area (Å²) in [5.41, 5.74) is 1.71. The number of nitrogens with zero attached hydrogens (tertiary/aromatic N) is 2.